The highest BCUT2D eigenvalue weighted by atomic mass is 32.2. The molecule has 0 aromatic rings. The van der Waals surface area contributed by atoms with Crippen molar-refractivity contribution >= 4 is 29.5 Å². The number of cyclic esters (lactones) is 1. The van der Waals surface area contributed by atoms with Crippen molar-refractivity contribution < 1.29 is 24.2 Å². The van der Waals surface area contributed by atoms with E-state index in [0.717, 1.165) is 25.7 Å². The van der Waals surface area contributed by atoms with Gasteiger partial charge in [-0.3, -0.25) is 14.4 Å². The number of esters is 1. The number of carbonyl (C=O) groups excluding carboxylic acids is 3. The predicted molar refractivity (Wildman–Crippen MR) is 132 cm³/mol. The van der Waals surface area contributed by atoms with Crippen LogP contribution in [0.15, 0.2) is 24.3 Å². The smallest absolute Gasteiger partial charge is 0.311 e. The number of hydrogen-bond donors (Lipinski definition) is 1. The molecule has 2 amide bonds. The standard InChI is InChI=1S/C26H38N2O5S/c1-25(2,3)28-15-11-13-26-20(19-18(34-26)12-7-4-5-10-17-33-24(19)32)22(30)27(21(26)23(28)31)14-8-6-9-16-29/h7,11-13,18-21,29H,4-6,8-10,14-17H2,1-3H3/b12-7-/t18-,19+,20+,21?,26+/m1/s1. The second kappa shape index (κ2) is 10.1. The largest absolute Gasteiger partial charge is 0.465 e. The van der Waals surface area contributed by atoms with E-state index in [2.05, 4.69) is 18.2 Å². The topological polar surface area (TPSA) is 87.2 Å². The Morgan fingerprint density at radius 3 is 2.65 bits per heavy atom. The summed E-state index contributed by atoms with van der Waals surface area (Å²) < 4.78 is 4.85. The molecule has 4 aliphatic rings. The summed E-state index contributed by atoms with van der Waals surface area (Å²) in [6, 6.07) is -0.652. The minimum atomic E-state index is -0.794. The van der Waals surface area contributed by atoms with E-state index >= 15 is 0 Å². The Kier molecular flexibility index (Phi) is 7.48. The summed E-state index contributed by atoms with van der Waals surface area (Å²) in [6.45, 7) is 7.45. The zero-order valence-corrected chi connectivity index (χ0v) is 21.4. The summed E-state index contributed by atoms with van der Waals surface area (Å²) >= 11 is 1.60. The van der Waals surface area contributed by atoms with E-state index in [1.54, 1.807) is 16.7 Å². The lowest BCUT2D eigenvalue weighted by molar-refractivity contribution is -0.153. The molecule has 8 heteroatoms. The second-order valence-corrected chi connectivity index (χ2v) is 12.3. The summed E-state index contributed by atoms with van der Waals surface area (Å²) in [5.41, 5.74) is -0.393. The normalized spacial score (nSPS) is 34.9. The van der Waals surface area contributed by atoms with Crippen molar-refractivity contribution in [1.29, 1.82) is 0 Å². The average molecular weight is 491 g/mol. The van der Waals surface area contributed by atoms with Crippen LogP contribution in [0, 0.1) is 11.8 Å². The van der Waals surface area contributed by atoms with Gasteiger partial charge in [0.1, 0.15) is 6.04 Å². The second-order valence-electron chi connectivity index (χ2n) is 10.8. The number of allylic oxidation sites excluding steroid dienone is 1. The molecule has 4 heterocycles. The van der Waals surface area contributed by atoms with Crippen molar-refractivity contribution in [3.8, 4) is 0 Å². The number of aliphatic hydroxyl groups is 1. The maximum Gasteiger partial charge on any atom is 0.311 e. The Bertz CT molecular complexity index is 866. The Morgan fingerprint density at radius 2 is 1.91 bits per heavy atom. The van der Waals surface area contributed by atoms with Crippen LogP contribution in [0.25, 0.3) is 0 Å². The number of ether oxygens (including phenoxy) is 1. The van der Waals surface area contributed by atoms with E-state index in [0.29, 0.717) is 32.5 Å². The number of thioether (sulfide) groups is 1. The predicted octanol–water partition coefficient (Wildman–Crippen LogP) is 2.93. The molecule has 0 aromatic heterocycles. The lowest BCUT2D eigenvalue weighted by Crippen LogP contribution is -2.57. The molecule has 2 saturated heterocycles. The van der Waals surface area contributed by atoms with Gasteiger partial charge in [0.2, 0.25) is 11.8 Å². The van der Waals surface area contributed by atoms with Gasteiger partial charge in [-0.1, -0.05) is 24.3 Å². The fourth-order valence-electron chi connectivity index (χ4n) is 5.83. The molecule has 5 atom stereocenters. The third-order valence-corrected chi connectivity index (χ3v) is 9.21. The van der Waals surface area contributed by atoms with Crippen LogP contribution in [0.4, 0.5) is 0 Å². The minimum Gasteiger partial charge on any atom is -0.465 e. The molecule has 7 nitrogen and oxygen atoms in total. The number of nitrogens with zero attached hydrogens (tertiary/aromatic N) is 2. The quantitative estimate of drug-likeness (QED) is 0.362. The Hall–Kier alpha value is -1.80. The van der Waals surface area contributed by atoms with Gasteiger partial charge in [0, 0.05) is 30.5 Å². The lowest BCUT2D eigenvalue weighted by atomic mass is 9.78. The third kappa shape index (κ3) is 4.43. The molecule has 1 spiro atoms. The van der Waals surface area contributed by atoms with Crippen LogP contribution in [0.3, 0.4) is 0 Å². The number of carbonyl (C=O) groups is 3. The number of unbranched alkanes of at least 4 members (excludes halogenated alkanes) is 2. The van der Waals surface area contributed by atoms with Crippen molar-refractivity contribution in [1.82, 2.24) is 9.80 Å². The van der Waals surface area contributed by atoms with E-state index in [-0.39, 0.29) is 29.6 Å². The minimum absolute atomic E-state index is 0.0518. The monoisotopic (exact) mass is 490 g/mol. The molecule has 0 aliphatic carbocycles. The molecule has 2 fully saturated rings. The van der Waals surface area contributed by atoms with Gasteiger partial charge in [0.25, 0.3) is 0 Å². The molecule has 4 aliphatic heterocycles. The van der Waals surface area contributed by atoms with E-state index in [1.807, 2.05) is 31.7 Å². The molecule has 0 saturated carbocycles. The molecular formula is C26H38N2O5S. The summed E-state index contributed by atoms with van der Waals surface area (Å²) in [6.07, 6.45) is 13.1. The van der Waals surface area contributed by atoms with Gasteiger partial charge in [0.15, 0.2) is 0 Å². The van der Waals surface area contributed by atoms with Crippen LogP contribution in [-0.4, -0.2) is 80.6 Å². The summed E-state index contributed by atoms with van der Waals surface area (Å²) in [4.78, 5) is 45.0. The number of rotatable bonds is 5. The van der Waals surface area contributed by atoms with Crippen LogP contribution in [0.1, 0.15) is 59.3 Å². The first-order chi connectivity index (χ1) is 16.2. The molecule has 1 unspecified atom stereocenters. The van der Waals surface area contributed by atoms with Gasteiger partial charge in [-0.25, -0.2) is 0 Å². The molecular weight excluding hydrogens is 452 g/mol. The summed E-state index contributed by atoms with van der Waals surface area (Å²) in [5.74, 6) is -1.72. The fraction of sp³-hybridized carbons (Fsp3) is 0.731. The average Bonchev–Trinajstić information content (AvgIpc) is 3.15. The third-order valence-electron chi connectivity index (χ3n) is 7.47. The number of fused-ring (bicyclic) bond motifs is 2. The van der Waals surface area contributed by atoms with Crippen LogP contribution >= 0.6 is 11.8 Å². The van der Waals surface area contributed by atoms with Crippen LogP contribution in [0.2, 0.25) is 0 Å². The highest BCUT2D eigenvalue weighted by molar-refractivity contribution is 8.02. The van der Waals surface area contributed by atoms with Crippen LogP contribution < -0.4 is 0 Å². The first kappa shape index (κ1) is 25.3. The van der Waals surface area contributed by atoms with Crippen LogP contribution in [-0.2, 0) is 19.1 Å². The summed E-state index contributed by atoms with van der Waals surface area (Å²) in [7, 11) is 0. The maximum atomic E-state index is 14.1. The molecule has 34 heavy (non-hydrogen) atoms. The van der Waals surface area contributed by atoms with E-state index < -0.39 is 28.2 Å². The number of likely N-dealkylation sites (tertiary alicyclic amines) is 1. The highest BCUT2D eigenvalue weighted by Gasteiger charge is 2.71. The van der Waals surface area contributed by atoms with Gasteiger partial charge >= 0.3 is 5.97 Å². The SMILES string of the molecule is CC(C)(C)N1CC=C[C@]23S[C@@H]4/C=C\CCCCOC(=O)[C@@H]4[C@H]2C(=O)N(CCCCCO)C3C1=O. The number of hydrogen-bond acceptors (Lipinski definition) is 6. The zero-order chi connectivity index (χ0) is 24.5. The Labute approximate surface area is 206 Å². The first-order valence-corrected chi connectivity index (χ1v) is 13.5. The van der Waals surface area contributed by atoms with Gasteiger partial charge in [-0.2, -0.15) is 0 Å². The summed E-state index contributed by atoms with van der Waals surface area (Å²) in [5, 5.41) is 8.97. The highest BCUT2D eigenvalue weighted by Crippen LogP contribution is 2.60. The van der Waals surface area contributed by atoms with Crippen molar-refractivity contribution in [2.24, 2.45) is 11.8 Å². The Balaban J connectivity index is 1.76. The van der Waals surface area contributed by atoms with Crippen molar-refractivity contribution in [2.45, 2.75) is 80.9 Å². The molecule has 1 N–H and O–H groups in total. The molecule has 0 bridgehead atoms. The van der Waals surface area contributed by atoms with E-state index in [9.17, 15) is 19.5 Å². The first-order valence-electron chi connectivity index (χ1n) is 12.6. The van der Waals surface area contributed by atoms with Gasteiger partial charge in [-0.15, -0.1) is 11.8 Å². The van der Waals surface area contributed by atoms with E-state index in [1.165, 1.54) is 0 Å². The lowest BCUT2D eigenvalue weighted by Gasteiger charge is -2.40. The zero-order valence-electron chi connectivity index (χ0n) is 20.6. The fourth-order valence-corrected chi connectivity index (χ4v) is 7.83. The molecule has 188 valence electrons. The van der Waals surface area contributed by atoms with Crippen molar-refractivity contribution in [2.75, 3.05) is 26.3 Å². The van der Waals surface area contributed by atoms with Crippen molar-refractivity contribution in [3.63, 3.8) is 0 Å². The van der Waals surface area contributed by atoms with Gasteiger partial charge in [-0.05, 0) is 59.3 Å². The van der Waals surface area contributed by atoms with Gasteiger partial charge in [0.05, 0.1) is 23.2 Å². The Morgan fingerprint density at radius 1 is 1.12 bits per heavy atom. The molecule has 0 aromatic carbocycles. The number of amides is 2. The van der Waals surface area contributed by atoms with Crippen LogP contribution in [0.5, 0.6) is 0 Å². The molecule has 0 radical (unpaired) electrons. The van der Waals surface area contributed by atoms with Gasteiger partial charge < -0.3 is 19.6 Å². The molecule has 4 rings (SSSR count). The maximum absolute atomic E-state index is 14.1. The van der Waals surface area contributed by atoms with Crippen molar-refractivity contribution in [3.05, 3.63) is 24.3 Å². The van der Waals surface area contributed by atoms with E-state index in [4.69, 9.17) is 4.74 Å². The number of aliphatic hydroxyl groups excluding tert-OH is 1.